The number of hydrogen-bond acceptors (Lipinski definition) is 2. The van der Waals surface area contributed by atoms with Crippen LogP contribution in [0.3, 0.4) is 0 Å². The first-order valence-electron chi connectivity index (χ1n) is 6.49. The standard InChI is InChI=1S/C17H18O2/c1-13(17(19)15-10-6-3-7-11-15)16(18)12-14-8-4-2-5-9-14/h2-11,13,16,18H,12H2,1H3/t13-,16-/m1/s1. The Hall–Kier alpha value is -1.93. The summed E-state index contributed by atoms with van der Waals surface area (Å²) in [5, 5.41) is 10.2. The van der Waals surface area contributed by atoms with E-state index in [0.29, 0.717) is 12.0 Å². The van der Waals surface area contributed by atoms with Crippen LogP contribution in [-0.2, 0) is 6.42 Å². The third-order valence-electron chi connectivity index (χ3n) is 3.34. The van der Waals surface area contributed by atoms with Gasteiger partial charge in [0.25, 0.3) is 0 Å². The molecule has 2 heteroatoms. The van der Waals surface area contributed by atoms with Crippen LogP contribution in [0.15, 0.2) is 60.7 Å². The Morgan fingerprint density at radius 1 is 1.00 bits per heavy atom. The molecule has 0 heterocycles. The average Bonchev–Trinajstić information content (AvgIpc) is 2.47. The van der Waals surface area contributed by atoms with E-state index in [0.717, 1.165) is 5.56 Å². The van der Waals surface area contributed by atoms with E-state index in [9.17, 15) is 9.90 Å². The molecule has 2 aromatic rings. The zero-order valence-corrected chi connectivity index (χ0v) is 11.0. The Labute approximate surface area is 113 Å². The molecule has 1 N–H and O–H groups in total. The van der Waals surface area contributed by atoms with Gasteiger partial charge in [0, 0.05) is 11.5 Å². The van der Waals surface area contributed by atoms with Crippen molar-refractivity contribution in [2.75, 3.05) is 0 Å². The van der Waals surface area contributed by atoms with Gasteiger partial charge in [-0.25, -0.2) is 0 Å². The van der Waals surface area contributed by atoms with Crippen molar-refractivity contribution in [3.63, 3.8) is 0 Å². The van der Waals surface area contributed by atoms with Crippen LogP contribution in [0, 0.1) is 5.92 Å². The van der Waals surface area contributed by atoms with Crippen LogP contribution in [0.2, 0.25) is 0 Å². The number of carbonyl (C=O) groups is 1. The molecule has 2 nitrogen and oxygen atoms in total. The third-order valence-corrected chi connectivity index (χ3v) is 3.34. The normalized spacial score (nSPS) is 13.8. The number of benzene rings is 2. The minimum Gasteiger partial charge on any atom is -0.392 e. The van der Waals surface area contributed by atoms with Crippen LogP contribution < -0.4 is 0 Å². The number of aliphatic hydroxyl groups excluding tert-OH is 1. The maximum absolute atomic E-state index is 12.2. The van der Waals surface area contributed by atoms with Crippen molar-refractivity contribution in [3.8, 4) is 0 Å². The van der Waals surface area contributed by atoms with Gasteiger partial charge >= 0.3 is 0 Å². The molecule has 2 aromatic carbocycles. The Balaban J connectivity index is 2.03. The summed E-state index contributed by atoms with van der Waals surface area (Å²) in [7, 11) is 0. The van der Waals surface area contributed by atoms with Gasteiger partial charge in [0.2, 0.25) is 0 Å². The van der Waals surface area contributed by atoms with E-state index < -0.39 is 12.0 Å². The van der Waals surface area contributed by atoms with E-state index in [-0.39, 0.29) is 5.78 Å². The zero-order valence-electron chi connectivity index (χ0n) is 11.0. The van der Waals surface area contributed by atoms with Crippen molar-refractivity contribution >= 4 is 5.78 Å². The third kappa shape index (κ3) is 3.52. The Bertz CT molecular complexity index is 519. The lowest BCUT2D eigenvalue weighted by atomic mass is 9.91. The van der Waals surface area contributed by atoms with Gasteiger partial charge in [0.15, 0.2) is 5.78 Å². The molecular weight excluding hydrogens is 236 g/mol. The second-order valence-electron chi connectivity index (χ2n) is 4.78. The van der Waals surface area contributed by atoms with Crippen molar-refractivity contribution in [2.45, 2.75) is 19.4 Å². The van der Waals surface area contributed by atoms with Crippen LogP contribution in [0.1, 0.15) is 22.8 Å². The van der Waals surface area contributed by atoms with Gasteiger partial charge in [-0.1, -0.05) is 67.6 Å². The van der Waals surface area contributed by atoms with Gasteiger partial charge in [0.1, 0.15) is 0 Å². The second-order valence-corrected chi connectivity index (χ2v) is 4.78. The Morgan fingerprint density at radius 2 is 1.53 bits per heavy atom. The highest BCUT2D eigenvalue weighted by Crippen LogP contribution is 2.16. The summed E-state index contributed by atoms with van der Waals surface area (Å²) in [4.78, 5) is 12.2. The number of hydrogen-bond donors (Lipinski definition) is 1. The molecule has 0 amide bonds. The summed E-state index contributed by atoms with van der Waals surface area (Å²) in [6.45, 7) is 1.78. The fourth-order valence-electron chi connectivity index (χ4n) is 2.07. The van der Waals surface area contributed by atoms with Gasteiger partial charge < -0.3 is 5.11 Å². The molecule has 2 atom stereocenters. The number of aliphatic hydroxyl groups is 1. The van der Waals surface area contributed by atoms with Crippen molar-refractivity contribution in [3.05, 3.63) is 71.8 Å². The SMILES string of the molecule is C[C@@H](C(=O)c1ccccc1)[C@H](O)Cc1ccccc1. The summed E-state index contributed by atoms with van der Waals surface area (Å²) in [5.41, 5.74) is 1.70. The van der Waals surface area contributed by atoms with E-state index in [2.05, 4.69) is 0 Å². The molecule has 2 rings (SSSR count). The molecule has 19 heavy (non-hydrogen) atoms. The van der Waals surface area contributed by atoms with E-state index >= 15 is 0 Å². The molecule has 0 aliphatic heterocycles. The maximum Gasteiger partial charge on any atom is 0.168 e. The van der Waals surface area contributed by atoms with Gasteiger partial charge in [-0.15, -0.1) is 0 Å². The smallest absolute Gasteiger partial charge is 0.168 e. The van der Waals surface area contributed by atoms with Crippen molar-refractivity contribution in [2.24, 2.45) is 5.92 Å². The molecule has 98 valence electrons. The first-order valence-corrected chi connectivity index (χ1v) is 6.49. The van der Waals surface area contributed by atoms with Gasteiger partial charge in [-0.3, -0.25) is 4.79 Å². The van der Waals surface area contributed by atoms with Gasteiger partial charge in [-0.05, 0) is 12.0 Å². The summed E-state index contributed by atoms with van der Waals surface area (Å²) >= 11 is 0. The molecule has 0 spiro atoms. The topological polar surface area (TPSA) is 37.3 Å². The first kappa shape index (κ1) is 13.5. The number of carbonyl (C=O) groups excluding carboxylic acids is 1. The lowest BCUT2D eigenvalue weighted by molar-refractivity contribution is 0.0716. The number of rotatable bonds is 5. The molecular formula is C17H18O2. The van der Waals surface area contributed by atoms with Gasteiger partial charge in [-0.2, -0.15) is 0 Å². The molecule has 0 fully saturated rings. The van der Waals surface area contributed by atoms with Crippen LogP contribution in [0.5, 0.6) is 0 Å². The lowest BCUT2D eigenvalue weighted by Crippen LogP contribution is -2.27. The molecule has 0 saturated carbocycles. The Kier molecular flexibility index (Phi) is 4.48. The largest absolute Gasteiger partial charge is 0.392 e. The van der Waals surface area contributed by atoms with Crippen LogP contribution in [0.4, 0.5) is 0 Å². The summed E-state index contributed by atoms with van der Waals surface area (Å²) in [6.07, 6.45) is -0.157. The first-order chi connectivity index (χ1) is 9.18. The summed E-state index contributed by atoms with van der Waals surface area (Å²) < 4.78 is 0. The van der Waals surface area contributed by atoms with Crippen molar-refractivity contribution in [1.29, 1.82) is 0 Å². The monoisotopic (exact) mass is 254 g/mol. The lowest BCUT2D eigenvalue weighted by Gasteiger charge is -2.18. The molecule has 0 radical (unpaired) electrons. The van der Waals surface area contributed by atoms with Crippen LogP contribution in [0.25, 0.3) is 0 Å². The maximum atomic E-state index is 12.2. The van der Waals surface area contributed by atoms with Gasteiger partial charge in [0.05, 0.1) is 6.10 Å². The highest BCUT2D eigenvalue weighted by molar-refractivity contribution is 5.97. The number of Topliss-reactive ketones (excluding diaryl/α,β-unsaturated/α-hetero) is 1. The average molecular weight is 254 g/mol. The summed E-state index contributed by atoms with van der Waals surface area (Å²) in [6, 6.07) is 18.9. The molecule has 0 aliphatic carbocycles. The van der Waals surface area contributed by atoms with E-state index in [1.165, 1.54) is 0 Å². The highest BCUT2D eigenvalue weighted by Gasteiger charge is 2.23. The Morgan fingerprint density at radius 3 is 2.11 bits per heavy atom. The van der Waals surface area contributed by atoms with Crippen LogP contribution in [-0.4, -0.2) is 17.0 Å². The minimum atomic E-state index is -0.657. The fourth-order valence-corrected chi connectivity index (χ4v) is 2.07. The minimum absolute atomic E-state index is 0.0102. The predicted octanol–water partition coefficient (Wildman–Crippen LogP) is 3.11. The van der Waals surface area contributed by atoms with Crippen molar-refractivity contribution in [1.82, 2.24) is 0 Å². The van der Waals surface area contributed by atoms with Crippen LogP contribution >= 0.6 is 0 Å². The van der Waals surface area contributed by atoms with E-state index in [4.69, 9.17) is 0 Å². The highest BCUT2D eigenvalue weighted by atomic mass is 16.3. The van der Waals surface area contributed by atoms with E-state index in [1.54, 1.807) is 19.1 Å². The fraction of sp³-hybridized carbons (Fsp3) is 0.235. The molecule has 0 saturated heterocycles. The van der Waals surface area contributed by atoms with E-state index in [1.807, 2.05) is 48.5 Å². The molecule has 0 aliphatic rings. The summed E-state index contributed by atoms with van der Waals surface area (Å²) in [5.74, 6) is -0.411. The number of ketones is 1. The second kappa shape index (κ2) is 6.30. The zero-order chi connectivity index (χ0) is 13.7. The quantitative estimate of drug-likeness (QED) is 0.832. The van der Waals surface area contributed by atoms with Crippen molar-refractivity contribution < 1.29 is 9.90 Å². The molecule has 0 bridgehead atoms. The predicted molar refractivity (Wildman–Crippen MR) is 76.1 cm³/mol. The molecule has 0 unspecified atom stereocenters. The molecule has 0 aromatic heterocycles.